The van der Waals surface area contributed by atoms with Gasteiger partial charge in [0, 0.05) is 24.5 Å². The molecule has 1 aromatic carbocycles. The molecule has 3 nitrogen and oxygen atoms in total. The van der Waals surface area contributed by atoms with E-state index in [1.807, 2.05) is 19.2 Å². The summed E-state index contributed by atoms with van der Waals surface area (Å²) in [4.78, 5) is 6.65. The van der Waals surface area contributed by atoms with Crippen LogP contribution in [0, 0.1) is 6.92 Å². The molecular weight excluding hydrogens is 234 g/mol. The SMILES string of the molecule is CCN(c1ccc(C)cc1)c1cc(C(C)N)ccn1. The molecule has 0 fully saturated rings. The Hall–Kier alpha value is -1.87. The van der Waals surface area contributed by atoms with Crippen LogP contribution in [0.2, 0.25) is 0 Å². The molecule has 0 bridgehead atoms. The van der Waals surface area contributed by atoms with Gasteiger partial charge in [-0.25, -0.2) is 4.98 Å². The summed E-state index contributed by atoms with van der Waals surface area (Å²) in [5.41, 5.74) is 9.46. The van der Waals surface area contributed by atoms with Crippen LogP contribution in [0.3, 0.4) is 0 Å². The van der Waals surface area contributed by atoms with Gasteiger partial charge in [0.1, 0.15) is 5.82 Å². The van der Waals surface area contributed by atoms with Crippen molar-refractivity contribution in [3.8, 4) is 0 Å². The third-order valence-corrected chi connectivity index (χ3v) is 3.23. The maximum absolute atomic E-state index is 5.94. The first kappa shape index (κ1) is 13.6. The summed E-state index contributed by atoms with van der Waals surface area (Å²) >= 11 is 0. The van der Waals surface area contributed by atoms with Crippen LogP contribution in [0.1, 0.15) is 31.0 Å². The zero-order valence-electron chi connectivity index (χ0n) is 11.8. The normalized spacial score (nSPS) is 12.2. The smallest absolute Gasteiger partial charge is 0.133 e. The van der Waals surface area contributed by atoms with Gasteiger partial charge in [-0.15, -0.1) is 0 Å². The third-order valence-electron chi connectivity index (χ3n) is 3.23. The van der Waals surface area contributed by atoms with Gasteiger partial charge in [0.05, 0.1) is 0 Å². The lowest BCUT2D eigenvalue weighted by atomic mass is 10.1. The molecule has 0 aliphatic carbocycles. The number of anilines is 2. The Morgan fingerprint density at radius 2 is 1.89 bits per heavy atom. The number of benzene rings is 1. The molecule has 0 radical (unpaired) electrons. The molecule has 0 saturated carbocycles. The summed E-state index contributed by atoms with van der Waals surface area (Å²) in [6, 6.07) is 12.5. The molecular formula is C16H21N3. The molecule has 19 heavy (non-hydrogen) atoms. The predicted octanol–water partition coefficient (Wildman–Crippen LogP) is 3.57. The molecule has 0 saturated heterocycles. The number of nitrogens with two attached hydrogens (primary N) is 1. The average molecular weight is 255 g/mol. The highest BCUT2D eigenvalue weighted by molar-refractivity contribution is 5.60. The quantitative estimate of drug-likeness (QED) is 0.908. The Kier molecular flexibility index (Phi) is 4.17. The van der Waals surface area contributed by atoms with Gasteiger partial charge in [0.2, 0.25) is 0 Å². The summed E-state index contributed by atoms with van der Waals surface area (Å²) in [7, 11) is 0. The number of hydrogen-bond acceptors (Lipinski definition) is 3. The molecule has 1 heterocycles. The molecule has 1 aromatic heterocycles. The van der Waals surface area contributed by atoms with Crippen molar-refractivity contribution in [2.75, 3.05) is 11.4 Å². The molecule has 0 aliphatic rings. The van der Waals surface area contributed by atoms with Crippen LogP contribution in [0.5, 0.6) is 0 Å². The van der Waals surface area contributed by atoms with Gasteiger partial charge in [0.15, 0.2) is 0 Å². The summed E-state index contributed by atoms with van der Waals surface area (Å²) in [5, 5.41) is 0. The van der Waals surface area contributed by atoms with E-state index in [0.29, 0.717) is 0 Å². The highest BCUT2D eigenvalue weighted by Crippen LogP contribution is 2.25. The highest BCUT2D eigenvalue weighted by atomic mass is 15.2. The number of hydrogen-bond donors (Lipinski definition) is 1. The van der Waals surface area contributed by atoms with Crippen LogP contribution in [0.4, 0.5) is 11.5 Å². The fraction of sp³-hybridized carbons (Fsp3) is 0.312. The van der Waals surface area contributed by atoms with Crippen molar-refractivity contribution in [1.29, 1.82) is 0 Å². The predicted molar refractivity (Wildman–Crippen MR) is 80.7 cm³/mol. The van der Waals surface area contributed by atoms with Gasteiger partial charge in [-0.05, 0) is 50.6 Å². The van der Waals surface area contributed by atoms with Crippen LogP contribution in [0.15, 0.2) is 42.6 Å². The van der Waals surface area contributed by atoms with Crippen molar-refractivity contribution in [3.05, 3.63) is 53.7 Å². The Bertz CT molecular complexity index is 532. The fourth-order valence-electron chi connectivity index (χ4n) is 2.07. The van der Waals surface area contributed by atoms with Crippen LogP contribution in [-0.2, 0) is 0 Å². The first-order valence-electron chi connectivity index (χ1n) is 6.67. The molecule has 0 amide bonds. The number of nitrogens with zero attached hydrogens (tertiary/aromatic N) is 2. The molecule has 3 heteroatoms. The van der Waals surface area contributed by atoms with Gasteiger partial charge in [0.25, 0.3) is 0 Å². The molecule has 100 valence electrons. The molecule has 0 aliphatic heterocycles. The van der Waals surface area contributed by atoms with E-state index in [1.54, 1.807) is 0 Å². The van der Waals surface area contributed by atoms with E-state index >= 15 is 0 Å². The van der Waals surface area contributed by atoms with E-state index in [4.69, 9.17) is 5.73 Å². The van der Waals surface area contributed by atoms with Crippen molar-refractivity contribution in [2.45, 2.75) is 26.8 Å². The van der Waals surface area contributed by atoms with Crippen molar-refractivity contribution in [1.82, 2.24) is 4.98 Å². The standard InChI is InChI=1S/C16H21N3/c1-4-19(15-7-5-12(2)6-8-15)16-11-14(13(3)17)9-10-18-16/h5-11,13H,4,17H2,1-3H3. The molecule has 0 spiro atoms. The first-order valence-corrected chi connectivity index (χ1v) is 6.67. The lowest BCUT2D eigenvalue weighted by Crippen LogP contribution is -2.18. The Morgan fingerprint density at radius 3 is 2.47 bits per heavy atom. The van der Waals surface area contributed by atoms with Crippen LogP contribution >= 0.6 is 0 Å². The fourth-order valence-corrected chi connectivity index (χ4v) is 2.07. The summed E-state index contributed by atoms with van der Waals surface area (Å²) in [6.07, 6.45) is 1.82. The molecule has 2 rings (SSSR count). The zero-order valence-corrected chi connectivity index (χ0v) is 11.8. The lowest BCUT2D eigenvalue weighted by Gasteiger charge is -2.23. The van der Waals surface area contributed by atoms with E-state index < -0.39 is 0 Å². The van der Waals surface area contributed by atoms with E-state index in [9.17, 15) is 0 Å². The van der Waals surface area contributed by atoms with E-state index in [-0.39, 0.29) is 6.04 Å². The second-order valence-electron chi connectivity index (χ2n) is 4.82. The molecule has 1 atom stereocenters. The maximum Gasteiger partial charge on any atom is 0.133 e. The van der Waals surface area contributed by atoms with E-state index in [0.717, 1.165) is 23.6 Å². The molecule has 2 aromatic rings. The van der Waals surface area contributed by atoms with Gasteiger partial charge in [-0.2, -0.15) is 0 Å². The number of aromatic nitrogens is 1. The Balaban J connectivity index is 2.36. The zero-order chi connectivity index (χ0) is 13.8. The second kappa shape index (κ2) is 5.85. The van der Waals surface area contributed by atoms with Crippen LogP contribution in [-0.4, -0.2) is 11.5 Å². The Labute approximate surface area is 115 Å². The van der Waals surface area contributed by atoms with Crippen molar-refractivity contribution < 1.29 is 0 Å². The minimum atomic E-state index is 0.0264. The molecule has 2 N–H and O–H groups in total. The van der Waals surface area contributed by atoms with E-state index in [1.165, 1.54) is 5.56 Å². The molecule has 1 unspecified atom stereocenters. The van der Waals surface area contributed by atoms with Gasteiger partial charge in [-0.1, -0.05) is 17.7 Å². The van der Waals surface area contributed by atoms with Crippen molar-refractivity contribution in [2.24, 2.45) is 5.73 Å². The minimum Gasteiger partial charge on any atom is -0.327 e. The maximum atomic E-state index is 5.94. The monoisotopic (exact) mass is 255 g/mol. The minimum absolute atomic E-state index is 0.0264. The second-order valence-corrected chi connectivity index (χ2v) is 4.82. The number of pyridine rings is 1. The summed E-state index contributed by atoms with van der Waals surface area (Å²) < 4.78 is 0. The van der Waals surface area contributed by atoms with Gasteiger partial charge >= 0.3 is 0 Å². The lowest BCUT2D eigenvalue weighted by molar-refractivity contribution is 0.813. The topological polar surface area (TPSA) is 42.1 Å². The number of aryl methyl sites for hydroxylation is 1. The highest BCUT2D eigenvalue weighted by Gasteiger charge is 2.10. The summed E-state index contributed by atoms with van der Waals surface area (Å²) in [5.74, 6) is 0.946. The summed E-state index contributed by atoms with van der Waals surface area (Å²) in [6.45, 7) is 7.08. The van der Waals surface area contributed by atoms with Gasteiger partial charge in [-0.3, -0.25) is 0 Å². The van der Waals surface area contributed by atoms with Crippen molar-refractivity contribution in [3.63, 3.8) is 0 Å². The third kappa shape index (κ3) is 3.12. The van der Waals surface area contributed by atoms with E-state index in [2.05, 4.69) is 54.1 Å². The Morgan fingerprint density at radius 1 is 1.21 bits per heavy atom. The van der Waals surface area contributed by atoms with Crippen LogP contribution in [0.25, 0.3) is 0 Å². The van der Waals surface area contributed by atoms with Crippen LogP contribution < -0.4 is 10.6 Å². The first-order chi connectivity index (χ1) is 9.11. The average Bonchev–Trinajstić information content (AvgIpc) is 2.42. The largest absolute Gasteiger partial charge is 0.327 e. The van der Waals surface area contributed by atoms with Crippen molar-refractivity contribution >= 4 is 11.5 Å². The number of rotatable bonds is 4. The van der Waals surface area contributed by atoms with Gasteiger partial charge < -0.3 is 10.6 Å².